The first-order valence-electron chi connectivity index (χ1n) is 8.85. The molecule has 0 saturated carbocycles. The Bertz CT molecular complexity index is 489. The predicted molar refractivity (Wildman–Crippen MR) is 94.9 cm³/mol. The van der Waals surface area contributed by atoms with Crippen LogP contribution in [0.5, 0.6) is 0 Å². The highest BCUT2D eigenvalue weighted by molar-refractivity contribution is 5.81. The second-order valence-electron chi connectivity index (χ2n) is 6.90. The molecule has 23 heavy (non-hydrogen) atoms. The van der Waals surface area contributed by atoms with Crippen molar-refractivity contribution in [3.05, 3.63) is 35.9 Å². The summed E-state index contributed by atoms with van der Waals surface area (Å²) in [6, 6.07) is 10.6. The van der Waals surface area contributed by atoms with Crippen molar-refractivity contribution in [1.82, 2.24) is 9.80 Å². The largest absolute Gasteiger partial charge is 0.340 e. The van der Waals surface area contributed by atoms with E-state index in [9.17, 15) is 4.79 Å². The molecule has 1 heterocycles. The Morgan fingerprint density at radius 2 is 2.04 bits per heavy atom. The maximum absolute atomic E-state index is 12.6. The van der Waals surface area contributed by atoms with Gasteiger partial charge in [-0.1, -0.05) is 44.2 Å². The molecule has 1 aliphatic heterocycles. The van der Waals surface area contributed by atoms with E-state index < -0.39 is 0 Å². The van der Waals surface area contributed by atoms with E-state index in [0.29, 0.717) is 6.04 Å². The van der Waals surface area contributed by atoms with E-state index in [2.05, 4.69) is 35.2 Å². The van der Waals surface area contributed by atoms with Crippen molar-refractivity contribution in [1.29, 1.82) is 0 Å². The minimum Gasteiger partial charge on any atom is -0.340 e. The quantitative estimate of drug-likeness (QED) is 0.840. The number of amides is 1. The van der Waals surface area contributed by atoms with Crippen molar-refractivity contribution in [2.24, 2.45) is 11.7 Å². The summed E-state index contributed by atoms with van der Waals surface area (Å²) in [5, 5.41) is 0. The van der Waals surface area contributed by atoms with E-state index in [1.807, 2.05) is 25.7 Å². The van der Waals surface area contributed by atoms with Gasteiger partial charge in [0.15, 0.2) is 0 Å². The van der Waals surface area contributed by atoms with E-state index >= 15 is 0 Å². The molecule has 2 rings (SSSR count). The molecule has 1 unspecified atom stereocenters. The van der Waals surface area contributed by atoms with Gasteiger partial charge in [-0.15, -0.1) is 0 Å². The first-order valence-corrected chi connectivity index (χ1v) is 8.85. The fraction of sp³-hybridized carbons (Fsp3) is 0.632. The van der Waals surface area contributed by atoms with Crippen LogP contribution in [0.2, 0.25) is 0 Å². The third kappa shape index (κ3) is 4.79. The summed E-state index contributed by atoms with van der Waals surface area (Å²) >= 11 is 0. The van der Waals surface area contributed by atoms with Gasteiger partial charge in [0.25, 0.3) is 0 Å². The average molecular weight is 317 g/mol. The maximum Gasteiger partial charge on any atom is 0.239 e. The molecule has 0 aliphatic carbocycles. The molecule has 1 aromatic carbocycles. The molecule has 1 fully saturated rings. The summed E-state index contributed by atoms with van der Waals surface area (Å²) in [6.45, 7) is 9.66. The Labute approximate surface area is 140 Å². The number of carbonyl (C=O) groups is 1. The van der Waals surface area contributed by atoms with Crippen molar-refractivity contribution < 1.29 is 4.79 Å². The highest BCUT2D eigenvalue weighted by atomic mass is 16.2. The number of hydrogen-bond acceptors (Lipinski definition) is 3. The molecule has 4 nitrogen and oxygen atoms in total. The first-order chi connectivity index (χ1) is 11.0. The maximum atomic E-state index is 12.6. The summed E-state index contributed by atoms with van der Waals surface area (Å²) in [5.41, 5.74) is 7.40. The standard InChI is InChI=1S/C19H31N3O/c1-4-21(19(23)18(20)15(2)3)14-17-11-8-12-22(17)13-16-9-6-5-7-10-16/h5-7,9-10,15,17-18H,4,8,11-14,20H2,1-3H3/t17?,18-/m0/s1. The van der Waals surface area contributed by atoms with Crippen LogP contribution in [-0.4, -0.2) is 47.4 Å². The van der Waals surface area contributed by atoms with E-state index in [0.717, 1.165) is 32.6 Å². The van der Waals surface area contributed by atoms with Gasteiger partial charge in [-0.3, -0.25) is 9.69 Å². The normalized spacial score (nSPS) is 20.0. The topological polar surface area (TPSA) is 49.6 Å². The van der Waals surface area contributed by atoms with Crippen LogP contribution in [0.25, 0.3) is 0 Å². The number of rotatable bonds is 7. The number of likely N-dealkylation sites (N-methyl/N-ethyl adjacent to an activating group) is 1. The summed E-state index contributed by atoms with van der Waals surface area (Å²) in [4.78, 5) is 17.0. The molecule has 2 atom stereocenters. The average Bonchev–Trinajstić information content (AvgIpc) is 2.99. The number of benzene rings is 1. The van der Waals surface area contributed by atoms with Gasteiger partial charge in [-0.05, 0) is 37.8 Å². The third-order valence-electron chi connectivity index (χ3n) is 4.86. The van der Waals surface area contributed by atoms with E-state index in [-0.39, 0.29) is 17.9 Å². The van der Waals surface area contributed by atoms with Gasteiger partial charge in [0.2, 0.25) is 5.91 Å². The van der Waals surface area contributed by atoms with Crippen LogP contribution in [0.15, 0.2) is 30.3 Å². The molecule has 1 saturated heterocycles. The minimum atomic E-state index is -0.390. The van der Waals surface area contributed by atoms with Crippen LogP contribution in [0.3, 0.4) is 0 Å². The van der Waals surface area contributed by atoms with E-state index in [1.54, 1.807) is 0 Å². The molecule has 2 N–H and O–H groups in total. The second kappa shape index (κ2) is 8.46. The van der Waals surface area contributed by atoms with Gasteiger partial charge in [-0.2, -0.15) is 0 Å². The van der Waals surface area contributed by atoms with Gasteiger partial charge in [-0.25, -0.2) is 0 Å². The molecular formula is C19H31N3O. The smallest absolute Gasteiger partial charge is 0.239 e. The van der Waals surface area contributed by atoms with Gasteiger partial charge >= 0.3 is 0 Å². The Balaban J connectivity index is 1.97. The molecule has 0 aromatic heterocycles. The van der Waals surface area contributed by atoms with Crippen molar-refractivity contribution >= 4 is 5.91 Å². The van der Waals surface area contributed by atoms with Crippen LogP contribution in [0.4, 0.5) is 0 Å². The van der Waals surface area contributed by atoms with Crippen LogP contribution in [-0.2, 0) is 11.3 Å². The van der Waals surface area contributed by atoms with Crippen LogP contribution in [0.1, 0.15) is 39.2 Å². The van der Waals surface area contributed by atoms with Gasteiger partial charge < -0.3 is 10.6 Å². The highest BCUT2D eigenvalue weighted by Crippen LogP contribution is 2.21. The Hall–Kier alpha value is -1.39. The zero-order chi connectivity index (χ0) is 16.8. The molecule has 1 aliphatic rings. The fourth-order valence-electron chi connectivity index (χ4n) is 3.25. The Morgan fingerprint density at radius 1 is 1.35 bits per heavy atom. The third-order valence-corrected chi connectivity index (χ3v) is 4.86. The highest BCUT2D eigenvalue weighted by Gasteiger charge is 2.30. The minimum absolute atomic E-state index is 0.0917. The monoisotopic (exact) mass is 317 g/mol. The zero-order valence-corrected chi connectivity index (χ0v) is 14.7. The van der Waals surface area contributed by atoms with Crippen LogP contribution in [0, 0.1) is 5.92 Å². The predicted octanol–water partition coefficient (Wildman–Crippen LogP) is 2.48. The summed E-state index contributed by atoms with van der Waals surface area (Å²) in [5.74, 6) is 0.273. The second-order valence-corrected chi connectivity index (χ2v) is 6.90. The van der Waals surface area contributed by atoms with Crippen molar-refractivity contribution in [3.63, 3.8) is 0 Å². The number of likely N-dealkylation sites (tertiary alicyclic amines) is 1. The number of nitrogens with zero attached hydrogens (tertiary/aromatic N) is 2. The van der Waals surface area contributed by atoms with Gasteiger partial charge in [0.05, 0.1) is 6.04 Å². The summed E-state index contributed by atoms with van der Waals surface area (Å²) in [7, 11) is 0. The lowest BCUT2D eigenvalue weighted by atomic mass is 10.0. The Kier molecular flexibility index (Phi) is 6.60. The molecule has 0 bridgehead atoms. The fourth-order valence-corrected chi connectivity index (χ4v) is 3.25. The lowest BCUT2D eigenvalue weighted by Crippen LogP contribution is -2.50. The lowest BCUT2D eigenvalue weighted by molar-refractivity contribution is -0.134. The SMILES string of the molecule is CCN(CC1CCCN1Cc1ccccc1)C(=O)[C@@H](N)C(C)C. The number of carbonyl (C=O) groups excluding carboxylic acids is 1. The van der Waals surface area contributed by atoms with Crippen LogP contribution < -0.4 is 5.73 Å². The van der Waals surface area contributed by atoms with E-state index in [4.69, 9.17) is 5.73 Å². The number of nitrogens with two attached hydrogens (primary N) is 1. The lowest BCUT2D eigenvalue weighted by Gasteiger charge is -2.32. The van der Waals surface area contributed by atoms with Crippen molar-refractivity contribution in [3.8, 4) is 0 Å². The first kappa shape index (κ1) is 18.0. The molecule has 128 valence electrons. The van der Waals surface area contributed by atoms with Crippen molar-refractivity contribution in [2.45, 2.75) is 52.2 Å². The van der Waals surface area contributed by atoms with Crippen molar-refractivity contribution in [2.75, 3.05) is 19.6 Å². The molecule has 1 amide bonds. The summed E-state index contributed by atoms with van der Waals surface area (Å²) < 4.78 is 0. The zero-order valence-electron chi connectivity index (χ0n) is 14.7. The molecule has 4 heteroatoms. The number of hydrogen-bond donors (Lipinski definition) is 1. The van der Waals surface area contributed by atoms with Gasteiger partial charge in [0, 0.05) is 25.7 Å². The van der Waals surface area contributed by atoms with Gasteiger partial charge in [0.1, 0.15) is 0 Å². The molecule has 0 spiro atoms. The Morgan fingerprint density at radius 3 is 2.65 bits per heavy atom. The summed E-state index contributed by atoms with van der Waals surface area (Å²) in [6.07, 6.45) is 2.37. The molecular weight excluding hydrogens is 286 g/mol. The van der Waals surface area contributed by atoms with Crippen LogP contribution >= 0.6 is 0 Å². The van der Waals surface area contributed by atoms with E-state index in [1.165, 1.54) is 12.0 Å². The molecule has 1 aromatic rings. The molecule has 0 radical (unpaired) electrons.